The number of likely N-dealkylation sites (tertiary alicyclic amines) is 1. The number of nitrogens with zero attached hydrogens (tertiary/aromatic N) is 1. The maximum Gasteiger partial charge on any atom is 0.115 e. The molecule has 0 saturated carbocycles. The third-order valence-corrected chi connectivity index (χ3v) is 7.32. The second kappa shape index (κ2) is 5.84. The summed E-state index contributed by atoms with van der Waals surface area (Å²) < 4.78 is 1.06. The minimum absolute atomic E-state index is 0.258. The zero-order valence-corrected chi connectivity index (χ0v) is 16.9. The summed E-state index contributed by atoms with van der Waals surface area (Å²) in [6, 6.07) is 13.7. The van der Waals surface area contributed by atoms with Gasteiger partial charge in [0.05, 0.1) is 5.60 Å². The summed E-state index contributed by atoms with van der Waals surface area (Å²) in [5.74, 6) is 0.258. The predicted molar refractivity (Wildman–Crippen MR) is 110 cm³/mol. The summed E-state index contributed by atoms with van der Waals surface area (Å²) >= 11 is 3.70. The number of H-pyrrole nitrogens is 1. The van der Waals surface area contributed by atoms with Gasteiger partial charge in [-0.05, 0) is 55.4 Å². The Hall–Kier alpha value is -1.82. The Morgan fingerprint density at radius 2 is 1.96 bits per heavy atom. The van der Waals surface area contributed by atoms with Gasteiger partial charge in [0.15, 0.2) is 0 Å². The number of aromatic nitrogens is 1. The molecule has 3 aromatic rings. The van der Waals surface area contributed by atoms with Gasteiger partial charge < -0.3 is 20.1 Å². The largest absolute Gasteiger partial charge is 0.508 e. The minimum Gasteiger partial charge on any atom is -0.508 e. The normalized spacial score (nSPS) is 28.1. The second-order valence-electron chi connectivity index (χ2n) is 8.25. The van der Waals surface area contributed by atoms with E-state index in [1.807, 2.05) is 18.2 Å². The molecule has 2 atom stereocenters. The van der Waals surface area contributed by atoms with Gasteiger partial charge >= 0.3 is 0 Å². The highest BCUT2D eigenvalue weighted by Crippen LogP contribution is 2.52. The molecule has 2 aromatic carbocycles. The SMILES string of the molecule is CN1CCC2(c3cccc(O)c3)Cc3[nH]c4cccc(Br)c4c3CC2(O)C1. The molecule has 2 heterocycles. The van der Waals surface area contributed by atoms with E-state index in [9.17, 15) is 10.2 Å². The van der Waals surface area contributed by atoms with Crippen molar-refractivity contribution in [1.29, 1.82) is 0 Å². The van der Waals surface area contributed by atoms with E-state index in [0.29, 0.717) is 13.0 Å². The average molecular weight is 427 g/mol. The number of likely N-dealkylation sites (N-methyl/N-ethyl adjacent to an activating group) is 1. The fraction of sp³-hybridized carbons (Fsp3) is 0.364. The number of nitrogens with one attached hydrogen (secondary N) is 1. The molecule has 1 aliphatic carbocycles. The first kappa shape index (κ1) is 17.3. The first-order valence-corrected chi connectivity index (χ1v) is 10.2. The van der Waals surface area contributed by atoms with Crippen LogP contribution >= 0.6 is 15.9 Å². The van der Waals surface area contributed by atoms with Crippen molar-refractivity contribution in [3.63, 3.8) is 0 Å². The maximum atomic E-state index is 12.0. The second-order valence-corrected chi connectivity index (χ2v) is 9.10. The Bertz CT molecular complexity index is 1050. The standard InChI is InChI=1S/C22H23BrN2O2/c1-25-9-8-21(14-4-2-5-15(26)10-14)12-19-16(11-22(21,27)13-25)20-17(23)6-3-7-18(20)24-19/h2-7,10,24,26-27H,8-9,11-13H2,1H3. The smallest absolute Gasteiger partial charge is 0.115 e. The van der Waals surface area contributed by atoms with Crippen LogP contribution in [-0.2, 0) is 18.3 Å². The van der Waals surface area contributed by atoms with Crippen molar-refractivity contribution in [3.8, 4) is 5.75 Å². The highest BCUT2D eigenvalue weighted by molar-refractivity contribution is 9.10. The Morgan fingerprint density at radius 1 is 1.15 bits per heavy atom. The van der Waals surface area contributed by atoms with Crippen LogP contribution in [0.1, 0.15) is 23.2 Å². The average Bonchev–Trinajstić information content (AvgIpc) is 2.97. The fourth-order valence-electron chi connectivity index (χ4n) is 5.35. The molecule has 0 radical (unpaired) electrons. The number of rotatable bonds is 1. The van der Waals surface area contributed by atoms with Crippen molar-refractivity contribution in [2.24, 2.45) is 0 Å². The fourth-order valence-corrected chi connectivity index (χ4v) is 5.96. The monoisotopic (exact) mass is 426 g/mol. The number of halogens is 1. The highest BCUT2D eigenvalue weighted by Gasteiger charge is 2.57. The van der Waals surface area contributed by atoms with Gasteiger partial charge in [0.1, 0.15) is 5.75 Å². The molecular weight excluding hydrogens is 404 g/mol. The van der Waals surface area contributed by atoms with E-state index in [4.69, 9.17) is 0 Å². The van der Waals surface area contributed by atoms with E-state index in [1.165, 1.54) is 16.6 Å². The van der Waals surface area contributed by atoms with Crippen LogP contribution in [0.2, 0.25) is 0 Å². The topological polar surface area (TPSA) is 59.5 Å². The van der Waals surface area contributed by atoms with Crippen LogP contribution in [0, 0.1) is 0 Å². The number of phenolic OH excluding ortho intramolecular Hbond substituents is 1. The summed E-state index contributed by atoms with van der Waals surface area (Å²) in [5, 5.41) is 23.3. The molecule has 2 unspecified atom stereocenters. The summed E-state index contributed by atoms with van der Waals surface area (Å²) in [7, 11) is 2.07. The van der Waals surface area contributed by atoms with Crippen molar-refractivity contribution < 1.29 is 10.2 Å². The number of benzene rings is 2. The number of fused-ring (bicyclic) bond motifs is 4. The number of aliphatic hydroxyl groups is 1. The van der Waals surface area contributed by atoms with Crippen LogP contribution in [0.5, 0.6) is 5.75 Å². The molecule has 1 aromatic heterocycles. The Kier molecular flexibility index (Phi) is 3.74. The van der Waals surface area contributed by atoms with Crippen molar-refractivity contribution in [2.75, 3.05) is 20.1 Å². The number of phenols is 1. The molecule has 5 heteroatoms. The van der Waals surface area contributed by atoms with Crippen LogP contribution in [0.4, 0.5) is 0 Å². The number of β-amino-alcohol motifs (C(OH)–C–C–N with tert-alkyl or cyclic N) is 1. The van der Waals surface area contributed by atoms with Crippen molar-refractivity contribution in [1.82, 2.24) is 9.88 Å². The number of piperidine rings is 1. The van der Waals surface area contributed by atoms with Gasteiger partial charge in [0.2, 0.25) is 0 Å². The lowest BCUT2D eigenvalue weighted by Crippen LogP contribution is -2.65. The Morgan fingerprint density at radius 3 is 2.78 bits per heavy atom. The molecule has 0 spiro atoms. The highest BCUT2D eigenvalue weighted by atomic mass is 79.9. The van der Waals surface area contributed by atoms with E-state index in [0.717, 1.165) is 34.9 Å². The number of aromatic amines is 1. The van der Waals surface area contributed by atoms with Gasteiger partial charge in [-0.1, -0.05) is 34.1 Å². The molecular formula is C22H23BrN2O2. The first-order chi connectivity index (χ1) is 12.9. The molecule has 27 heavy (non-hydrogen) atoms. The van der Waals surface area contributed by atoms with E-state index < -0.39 is 11.0 Å². The van der Waals surface area contributed by atoms with Gasteiger partial charge in [-0.2, -0.15) is 0 Å². The molecule has 4 nitrogen and oxygen atoms in total. The molecule has 5 rings (SSSR count). The van der Waals surface area contributed by atoms with Crippen molar-refractivity contribution in [2.45, 2.75) is 30.3 Å². The molecule has 3 N–H and O–H groups in total. The molecule has 1 saturated heterocycles. The van der Waals surface area contributed by atoms with Crippen LogP contribution in [0.15, 0.2) is 46.9 Å². The van der Waals surface area contributed by atoms with Gasteiger partial charge in [-0.3, -0.25) is 0 Å². The van der Waals surface area contributed by atoms with E-state index in [1.54, 1.807) is 6.07 Å². The van der Waals surface area contributed by atoms with Crippen molar-refractivity contribution >= 4 is 26.8 Å². The van der Waals surface area contributed by atoms with Crippen LogP contribution in [0.3, 0.4) is 0 Å². The molecule has 0 amide bonds. The Balaban J connectivity index is 1.75. The third-order valence-electron chi connectivity index (χ3n) is 6.65. The molecule has 1 fully saturated rings. The molecule has 2 aliphatic rings. The van der Waals surface area contributed by atoms with Gasteiger partial charge in [-0.15, -0.1) is 0 Å². The van der Waals surface area contributed by atoms with Crippen LogP contribution in [-0.4, -0.2) is 45.8 Å². The summed E-state index contributed by atoms with van der Waals surface area (Å²) in [6.07, 6.45) is 2.21. The van der Waals surface area contributed by atoms with E-state index in [2.05, 4.69) is 51.1 Å². The van der Waals surface area contributed by atoms with Crippen LogP contribution in [0.25, 0.3) is 10.9 Å². The molecule has 1 aliphatic heterocycles. The lowest BCUT2D eigenvalue weighted by Gasteiger charge is -2.55. The lowest BCUT2D eigenvalue weighted by atomic mass is 9.56. The zero-order chi connectivity index (χ0) is 18.8. The summed E-state index contributed by atoms with van der Waals surface area (Å²) in [6.45, 7) is 1.55. The molecule has 140 valence electrons. The summed E-state index contributed by atoms with van der Waals surface area (Å²) in [4.78, 5) is 5.83. The number of hydrogen-bond acceptors (Lipinski definition) is 3. The quantitative estimate of drug-likeness (QED) is 0.555. The zero-order valence-electron chi connectivity index (χ0n) is 15.3. The van der Waals surface area contributed by atoms with Crippen molar-refractivity contribution in [3.05, 3.63) is 63.8 Å². The first-order valence-electron chi connectivity index (χ1n) is 9.40. The summed E-state index contributed by atoms with van der Waals surface area (Å²) in [5.41, 5.74) is 3.27. The predicted octanol–water partition coefficient (Wildman–Crippen LogP) is 3.74. The Labute approximate surface area is 167 Å². The molecule has 0 bridgehead atoms. The van der Waals surface area contributed by atoms with Gasteiger partial charge in [0.25, 0.3) is 0 Å². The number of aromatic hydroxyl groups is 1. The minimum atomic E-state index is -0.884. The van der Waals surface area contributed by atoms with E-state index >= 15 is 0 Å². The lowest BCUT2D eigenvalue weighted by molar-refractivity contribution is -0.0972. The maximum absolute atomic E-state index is 12.0. The van der Waals surface area contributed by atoms with Crippen LogP contribution < -0.4 is 0 Å². The van der Waals surface area contributed by atoms with E-state index in [-0.39, 0.29) is 5.75 Å². The number of hydrogen-bond donors (Lipinski definition) is 3. The van der Waals surface area contributed by atoms with Gasteiger partial charge in [-0.25, -0.2) is 0 Å². The van der Waals surface area contributed by atoms with Gasteiger partial charge in [0, 0.05) is 45.9 Å². The third kappa shape index (κ3) is 2.42.